The highest BCUT2D eigenvalue weighted by molar-refractivity contribution is 5.96. The van der Waals surface area contributed by atoms with Crippen LogP contribution in [0.5, 0.6) is 0 Å². The van der Waals surface area contributed by atoms with Gasteiger partial charge in [-0.2, -0.15) is 5.10 Å². The van der Waals surface area contributed by atoms with E-state index in [9.17, 15) is 19.7 Å². The fraction of sp³-hybridized carbons (Fsp3) is 0.118. The van der Waals surface area contributed by atoms with Gasteiger partial charge in [-0.1, -0.05) is 29.8 Å². The van der Waals surface area contributed by atoms with E-state index in [4.69, 9.17) is 0 Å². The van der Waals surface area contributed by atoms with Crippen molar-refractivity contribution in [1.82, 2.24) is 10.7 Å². The van der Waals surface area contributed by atoms with Gasteiger partial charge in [0.2, 0.25) is 0 Å². The number of carbonyl (C=O) groups excluding carboxylic acids is 2. The summed E-state index contributed by atoms with van der Waals surface area (Å²) in [5.74, 6) is -0.875. The van der Waals surface area contributed by atoms with E-state index in [0.29, 0.717) is 11.1 Å². The Labute approximate surface area is 143 Å². The van der Waals surface area contributed by atoms with Crippen LogP contribution in [0.3, 0.4) is 0 Å². The second kappa shape index (κ2) is 8.34. The molecule has 0 aliphatic heterocycles. The van der Waals surface area contributed by atoms with Gasteiger partial charge in [0.15, 0.2) is 0 Å². The molecular formula is C17H16N4O4. The van der Waals surface area contributed by atoms with Crippen LogP contribution in [0.25, 0.3) is 0 Å². The molecule has 0 saturated heterocycles. The Morgan fingerprint density at radius 3 is 2.60 bits per heavy atom. The molecule has 2 rings (SSSR count). The van der Waals surface area contributed by atoms with Crippen LogP contribution in [0.4, 0.5) is 5.69 Å². The van der Waals surface area contributed by atoms with Crippen LogP contribution >= 0.6 is 0 Å². The van der Waals surface area contributed by atoms with Crippen LogP contribution in [-0.4, -0.2) is 29.5 Å². The summed E-state index contributed by atoms with van der Waals surface area (Å²) >= 11 is 0. The van der Waals surface area contributed by atoms with E-state index in [2.05, 4.69) is 15.8 Å². The summed E-state index contributed by atoms with van der Waals surface area (Å²) < 4.78 is 0. The number of nitrogens with zero attached hydrogens (tertiary/aromatic N) is 2. The normalized spacial score (nSPS) is 10.4. The molecule has 8 nitrogen and oxygen atoms in total. The zero-order chi connectivity index (χ0) is 18.2. The molecule has 2 amide bonds. The maximum atomic E-state index is 11.9. The van der Waals surface area contributed by atoms with E-state index < -0.39 is 10.8 Å². The SMILES string of the molecule is Cc1ccc(C(=O)NCC(=O)N/N=C/c2cccc([N+](=O)[O-])c2)cc1. The van der Waals surface area contributed by atoms with E-state index in [1.807, 2.05) is 6.92 Å². The number of amides is 2. The number of non-ortho nitro benzene ring substituents is 1. The monoisotopic (exact) mass is 340 g/mol. The van der Waals surface area contributed by atoms with Crippen molar-refractivity contribution < 1.29 is 14.5 Å². The van der Waals surface area contributed by atoms with Gasteiger partial charge in [-0.05, 0) is 19.1 Å². The summed E-state index contributed by atoms with van der Waals surface area (Å²) in [4.78, 5) is 33.7. The lowest BCUT2D eigenvalue weighted by molar-refractivity contribution is -0.384. The summed E-state index contributed by atoms with van der Waals surface area (Å²) in [6.07, 6.45) is 1.28. The molecule has 0 bridgehead atoms. The van der Waals surface area contributed by atoms with Crippen molar-refractivity contribution in [3.63, 3.8) is 0 Å². The van der Waals surface area contributed by atoms with Crippen molar-refractivity contribution in [3.8, 4) is 0 Å². The first kappa shape index (κ1) is 17.8. The third kappa shape index (κ3) is 5.54. The second-order valence-corrected chi connectivity index (χ2v) is 5.19. The maximum Gasteiger partial charge on any atom is 0.270 e. The summed E-state index contributed by atoms with van der Waals surface area (Å²) in [6.45, 7) is 1.67. The van der Waals surface area contributed by atoms with Gasteiger partial charge in [0.05, 0.1) is 17.7 Å². The highest BCUT2D eigenvalue weighted by Crippen LogP contribution is 2.11. The maximum absolute atomic E-state index is 11.9. The van der Waals surface area contributed by atoms with Crippen molar-refractivity contribution in [2.24, 2.45) is 5.10 Å². The lowest BCUT2D eigenvalue weighted by Gasteiger charge is -2.04. The van der Waals surface area contributed by atoms with Gasteiger partial charge in [-0.3, -0.25) is 19.7 Å². The number of benzene rings is 2. The lowest BCUT2D eigenvalue weighted by atomic mass is 10.1. The molecule has 0 heterocycles. The van der Waals surface area contributed by atoms with Gasteiger partial charge in [-0.15, -0.1) is 0 Å². The fourth-order valence-electron chi connectivity index (χ4n) is 1.90. The van der Waals surface area contributed by atoms with E-state index in [1.165, 1.54) is 24.4 Å². The molecule has 8 heteroatoms. The Morgan fingerprint density at radius 1 is 1.20 bits per heavy atom. The predicted molar refractivity (Wildman–Crippen MR) is 92.3 cm³/mol. The van der Waals surface area contributed by atoms with Gasteiger partial charge >= 0.3 is 0 Å². The quantitative estimate of drug-likeness (QED) is 0.474. The summed E-state index contributed by atoms with van der Waals surface area (Å²) in [7, 11) is 0. The molecule has 2 aromatic rings. The van der Waals surface area contributed by atoms with Crippen molar-refractivity contribution >= 4 is 23.7 Å². The Bertz CT molecular complexity index is 816. The van der Waals surface area contributed by atoms with Crippen molar-refractivity contribution in [2.75, 3.05) is 6.54 Å². The molecule has 0 aliphatic carbocycles. The molecule has 25 heavy (non-hydrogen) atoms. The van der Waals surface area contributed by atoms with Gasteiger partial charge in [0, 0.05) is 23.3 Å². The third-order valence-electron chi connectivity index (χ3n) is 3.21. The van der Waals surface area contributed by atoms with Crippen LogP contribution in [0.2, 0.25) is 0 Å². The van der Waals surface area contributed by atoms with Crippen LogP contribution in [0.15, 0.2) is 53.6 Å². The van der Waals surface area contributed by atoms with Gasteiger partial charge in [0.25, 0.3) is 17.5 Å². The van der Waals surface area contributed by atoms with E-state index in [-0.39, 0.29) is 18.1 Å². The van der Waals surface area contributed by atoms with Gasteiger partial charge < -0.3 is 5.32 Å². The molecule has 2 N–H and O–H groups in total. The third-order valence-corrected chi connectivity index (χ3v) is 3.21. The highest BCUT2D eigenvalue weighted by Gasteiger charge is 2.07. The second-order valence-electron chi connectivity index (χ2n) is 5.19. The number of hydrogen-bond acceptors (Lipinski definition) is 5. The zero-order valence-corrected chi connectivity index (χ0v) is 13.4. The Kier molecular flexibility index (Phi) is 5.94. The van der Waals surface area contributed by atoms with Crippen LogP contribution in [0, 0.1) is 17.0 Å². The molecule has 0 atom stereocenters. The Balaban J connectivity index is 1.82. The number of nitrogens with one attached hydrogen (secondary N) is 2. The van der Waals surface area contributed by atoms with Gasteiger partial charge in [0.1, 0.15) is 0 Å². The van der Waals surface area contributed by atoms with Crippen LogP contribution in [-0.2, 0) is 4.79 Å². The minimum absolute atomic E-state index is 0.0689. The molecular weight excluding hydrogens is 324 g/mol. The van der Waals surface area contributed by atoms with Crippen molar-refractivity contribution in [3.05, 3.63) is 75.3 Å². The molecule has 0 radical (unpaired) electrons. The predicted octanol–water partition coefficient (Wildman–Crippen LogP) is 1.78. The number of hydrazone groups is 1. The molecule has 0 saturated carbocycles. The van der Waals surface area contributed by atoms with E-state index in [1.54, 1.807) is 30.3 Å². The topological polar surface area (TPSA) is 114 Å². The Hall–Kier alpha value is -3.55. The minimum atomic E-state index is -0.517. The summed E-state index contributed by atoms with van der Waals surface area (Å²) in [6, 6.07) is 12.8. The minimum Gasteiger partial charge on any atom is -0.343 e. The van der Waals surface area contributed by atoms with E-state index >= 15 is 0 Å². The average Bonchev–Trinajstić information content (AvgIpc) is 2.60. The van der Waals surface area contributed by atoms with Crippen molar-refractivity contribution in [1.29, 1.82) is 0 Å². The molecule has 0 unspecified atom stereocenters. The first-order valence-corrected chi connectivity index (χ1v) is 7.37. The summed E-state index contributed by atoms with van der Waals surface area (Å²) in [5, 5.41) is 16.9. The number of nitro groups is 1. The first-order chi connectivity index (χ1) is 12.0. The summed E-state index contributed by atoms with van der Waals surface area (Å²) in [5.41, 5.74) is 4.13. The molecule has 0 fully saturated rings. The molecule has 0 aromatic heterocycles. The largest absolute Gasteiger partial charge is 0.343 e. The molecule has 2 aromatic carbocycles. The van der Waals surface area contributed by atoms with Crippen LogP contribution in [0.1, 0.15) is 21.5 Å². The number of rotatable bonds is 6. The molecule has 128 valence electrons. The van der Waals surface area contributed by atoms with E-state index in [0.717, 1.165) is 5.56 Å². The number of hydrogen-bond donors (Lipinski definition) is 2. The van der Waals surface area contributed by atoms with Gasteiger partial charge in [-0.25, -0.2) is 5.43 Å². The number of carbonyl (C=O) groups is 2. The average molecular weight is 340 g/mol. The number of aryl methyl sites for hydroxylation is 1. The highest BCUT2D eigenvalue weighted by atomic mass is 16.6. The lowest BCUT2D eigenvalue weighted by Crippen LogP contribution is -2.34. The smallest absolute Gasteiger partial charge is 0.270 e. The molecule has 0 aliphatic rings. The molecule has 0 spiro atoms. The fourth-order valence-corrected chi connectivity index (χ4v) is 1.90. The zero-order valence-electron chi connectivity index (χ0n) is 13.4. The number of nitro benzene ring substituents is 1. The van der Waals surface area contributed by atoms with Crippen LogP contribution < -0.4 is 10.7 Å². The Morgan fingerprint density at radius 2 is 1.92 bits per heavy atom. The van der Waals surface area contributed by atoms with Crippen molar-refractivity contribution in [2.45, 2.75) is 6.92 Å². The standard InChI is InChI=1S/C17H16N4O4/c1-12-5-7-14(8-6-12)17(23)18-11-16(22)20-19-10-13-3-2-4-15(9-13)21(24)25/h2-10H,11H2,1H3,(H,18,23)(H,20,22)/b19-10+. The first-order valence-electron chi connectivity index (χ1n) is 7.37.